The van der Waals surface area contributed by atoms with E-state index in [1.807, 2.05) is 31.1 Å². The number of hydrogen-bond acceptors (Lipinski definition) is 8. The number of nitrogens with zero attached hydrogens (tertiary/aromatic N) is 4. The number of carbonyl (C=O) groups excluding carboxylic acids is 1. The van der Waals surface area contributed by atoms with Crippen LogP contribution in [0.2, 0.25) is 0 Å². The van der Waals surface area contributed by atoms with Crippen LogP contribution in [0, 0.1) is 0 Å². The number of anilines is 3. The second kappa shape index (κ2) is 9.23. The fourth-order valence-electron chi connectivity index (χ4n) is 2.78. The summed E-state index contributed by atoms with van der Waals surface area (Å²) in [5.74, 6) is 2.02. The van der Waals surface area contributed by atoms with Gasteiger partial charge in [-0.15, -0.1) is 0 Å². The molecule has 0 aliphatic carbocycles. The van der Waals surface area contributed by atoms with E-state index in [0.29, 0.717) is 42.2 Å². The first-order chi connectivity index (χ1) is 13.6. The molecule has 3 rings (SSSR count). The van der Waals surface area contributed by atoms with Crippen molar-refractivity contribution in [2.24, 2.45) is 0 Å². The van der Waals surface area contributed by atoms with E-state index in [9.17, 15) is 4.79 Å². The van der Waals surface area contributed by atoms with Gasteiger partial charge in [0.2, 0.25) is 5.95 Å². The van der Waals surface area contributed by atoms with Crippen molar-refractivity contribution in [3.05, 3.63) is 30.5 Å². The van der Waals surface area contributed by atoms with Crippen LogP contribution in [0.5, 0.6) is 11.5 Å². The summed E-state index contributed by atoms with van der Waals surface area (Å²) in [4.78, 5) is 25.3. The molecule has 0 spiro atoms. The molecular weight excluding hydrogens is 362 g/mol. The Morgan fingerprint density at radius 2 is 1.96 bits per heavy atom. The van der Waals surface area contributed by atoms with Crippen LogP contribution < -0.4 is 24.6 Å². The molecule has 2 aromatic rings. The molecule has 1 aromatic heterocycles. The van der Waals surface area contributed by atoms with E-state index >= 15 is 0 Å². The molecule has 0 unspecified atom stereocenters. The number of methoxy groups -OCH3 is 1. The number of aromatic nitrogens is 2. The molecule has 1 aliphatic rings. The molecule has 9 nitrogen and oxygen atoms in total. The first-order valence-corrected chi connectivity index (χ1v) is 9.01. The summed E-state index contributed by atoms with van der Waals surface area (Å²) in [6.07, 6.45) is 1.62. The summed E-state index contributed by atoms with van der Waals surface area (Å²) in [7, 11) is 5.29. The predicted molar refractivity (Wildman–Crippen MR) is 107 cm³/mol. The number of amides is 1. The van der Waals surface area contributed by atoms with Gasteiger partial charge in [-0.1, -0.05) is 12.1 Å². The first-order valence-electron chi connectivity index (χ1n) is 9.01. The third-order valence-electron chi connectivity index (χ3n) is 4.18. The van der Waals surface area contributed by atoms with E-state index in [4.69, 9.17) is 14.2 Å². The number of para-hydroxylation sites is 2. The Morgan fingerprint density at radius 1 is 1.25 bits per heavy atom. The molecule has 0 atom stereocenters. The van der Waals surface area contributed by atoms with Crippen molar-refractivity contribution in [1.82, 2.24) is 9.97 Å². The van der Waals surface area contributed by atoms with Gasteiger partial charge in [-0.3, -0.25) is 4.79 Å². The highest BCUT2D eigenvalue weighted by Crippen LogP contribution is 2.26. The van der Waals surface area contributed by atoms with Gasteiger partial charge in [-0.05, 0) is 12.1 Å². The van der Waals surface area contributed by atoms with Gasteiger partial charge in [-0.2, -0.15) is 4.98 Å². The lowest BCUT2D eigenvalue weighted by Crippen LogP contribution is -2.37. The van der Waals surface area contributed by atoms with Crippen LogP contribution in [0.1, 0.15) is 0 Å². The Kier molecular flexibility index (Phi) is 6.49. The van der Waals surface area contributed by atoms with Crippen molar-refractivity contribution in [3.63, 3.8) is 0 Å². The van der Waals surface area contributed by atoms with Crippen LogP contribution in [-0.2, 0) is 9.53 Å². The van der Waals surface area contributed by atoms with Crippen molar-refractivity contribution in [1.29, 1.82) is 0 Å². The topological polar surface area (TPSA) is 89.0 Å². The van der Waals surface area contributed by atoms with E-state index in [2.05, 4.69) is 20.2 Å². The van der Waals surface area contributed by atoms with Gasteiger partial charge in [0.05, 0.1) is 26.5 Å². The Hall–Kier alpha value is -3.07. The van der Waals surface area contributed by atoms with Crippen molar-refractivity contribution in [3.8, 4) is 11.5 Å². The van der Waals surface area contributed by atoms with E-state index in [1.54, 1.807) is 25.4 Å². The highest BCUT2D eigenvalue weighted by atomic mass is 16.5. The average Bonchev–Trinajstić information content (AvgIpc) is 2.73. The number of carbonyl (C=O) groups is 1. The third-order valence-corrected chi connectivity index (χ3v) is 4.18. The lowest BCUT2D eigenvalue weighted by atomic mass is 10.3. The molecule has 9 heteroatoms. The van der Waals surface area contributed by atoms with Crippen molar-refractivity contribution in [2.75, 3.05) is 69.2 Å². The van der Waals surface area contributed by atoms with Crippen LogP contribution in [0.15, 0.2) is 30.5 Å². The second-order valence-corrected chi connectivity index (χ2v) is 6.39. The maximum atomic E-state index is 12.4. The van der Waals surface area contributed by atoms with Crippen LogP contribution in [0.25, 0.3) is 0 Å². The number of hydrogen-bond donors (Lipinski definition) is 1. The molecule has 1 amide bonds. The summed E-state index contributed by atoms with van der Waals surface area (Å²) in [6, 6.07) is 7.17. The molecule has 1 fully saturated rings. The lowest BCUT2D eigenvalue weighted by molar-refractivity contribution is -0.118. The zero-order chi connectivity index (χ0) is 19.9. The number of nitrogens with one attached hydrogen (secondary N) is 1. The van der Waals surface area contributed by atoms with Gasteiger partial charge < -0.3 is 29.3 Å². The van der Waals surface area contributed by atoms with Gasteiger partial charge in [0.15, 0.2) is 23.9 Å². The average molecular weight is 387 g/mol. The first kappa shape index (κ1) is 19.7. The Balaban J connectivity index is 1.67. The molecule has 1 aromatic carbocycles. The molecule has 2 heterocycles. The highest BCUT2D eigenvalue weighted by Gasteiger charge is 2.18. The highest BCUT2D eigenvalue weighted by molar-refractivity contribution is 5.94. The SMILES string of the molecule is COc1ccccc1OCC(=O)Nc1cnc(N2CCOCC2)nc1N(C)C. The molecule has 0 saturated carbocycles. The number of benzene rings is 1. The van der Waals surface area contributed by atoms with Crippen molar-refractivity contribution >= 4 is 23.4 Å². The normalized spacial score (nSPS) is 13.8. The smallest absolute Gasteiger partial charge is 0.262 e. The van der Waals surface area contributed by atoms with Crippen LogP contribution in [-0.4, -0.2) is 70.0 Å². The van der Waals surface area contributed by atoms with Crippen LogP contribution >= 0.6 is 0 Å². The Morgan fingerprint density at radius 3 is 2.64 bits per heavy atom. The molecule has 0 radical (unpaired) electrons. The Labute approximate surface area is 164 Å². The monoisotopic (exact) mass is 387 g/mol. The van der Waals surface area contributed by atoms with Crippen LogP contribution in [0.3, 0.4) is 0 Å². The minimum Gasteiger partial charge on any atom is -0.493 e. The second-order valence-electron chi connectivity index (χ2n) is 6.39. The molecule has 0 bridgehead atoms. The third kappa shape index (κ3) is 4.80. The van der Waals surface area contributed by atoms with Gasteiger partial charge in [-0.25, -0.2) is 4.98 Å². The van der Waals surface area contributed by atoms with Gasteiger partial charge >= 0.3 is 0 Å². The van der Waals surface area contributed by atoms with Crippen molar-refractivity contribution in [2.45, 2.75) is 0 Å². The maximum absolute atomic E-state index is 12.4. The Bertz CT molecular complexity index is 809. The standard InChI is InChI=1S/C19H25N5O4/c1-23(2)18-14(12-20-19(22-18)24-8-10-27-11-9-24)21-17(25)13-28-16-7-5-4-6-15(16)26-3/h4-7,12H,8-11,13H2,1-3H3,(H,21,25). The van der Waals surface area contributed by atoms with Crippen molar-refractivity contribution < 1.29 is 19.0 Å². The van der Waals surface area contributed by atoms with E-state index in [1.165, 1.54) is 0 Å². The quantitative estimate of drug-likeness (QED) is 0.763. The van der Waals surface area contributed by atoms with E-state index < -0.39 is 0 Å². The zero-order valence-electron chi connectivity index (χ0n) is 16.3. The zero-order valence-corrected chi connectivity index (χ0v) is 16.3. The molecule has 150 valence electrons. The lowest BCUT2D eigenvalue weighted by Gasteiger charge is -2.28. The number of rotatable bonds is 7. The van der Waals surface area contributed by atoms with E-state index in [-0.39, 0.29) is 12.5 Å². The minimum absolute atomic E-state index is 0.154. The predicted octanol–water partition coefficient (Wildman–Crippen LogP) is 1.41. The molecular formula is C19H25N5O4. The van der Waals surface area contributed by atoms with Gasteiger partial charge in [0.25, 0.3) is 5.91 Å². The summed E-state index contributed by atoms with van der Waals surface area (Å²) >= 11 is 0. The summed E-state index contributed by atoms with van der Waals surface area (Å²) < 4.78 is 16.2. The number of morpholine rings is 1. The number of ether oxygens (including phenoxy) is 3. The molecule has 28 heavy (non-hydrogen) atoms. The molecule has 1 aliphatic heterocycles. The van der Waals surface area contributed by atoms with Gasteiger partial charge in [0, 0.05) is 27.2 Å². The summed E-state index contributed by atoms with van der Waals surface area (Å²) in [6.45, 7) is 2.63. The molecule has 1 N–H and O–H groups in total. The fourth-order valence-corrected chi connectivity index (χ4v) is 2.78. The molecule has 1 saturated heterocycles. The minimum atomic E-state index is -0.309. The van der Waals surface area contributed by atoms with E-state index in [0.717, 1.165) is 13.1 Å². The van der Waals surface area contributed by atoms with Crippen LogP contribution in [0.4, 0.5) is 17.5 Å². The largest absolute Gasteiger partial charge is 0.493 e. The fraction of sp³-hybridized carbons (Fsp3) is 0.421. The summed E-state index contributed by atoms with van der Waals surface area (Å²) in [5, 5.41) is 2.82. The summed E-state index contributed by atoms with van der Waals surface area (Å²) in [5.41, 5.74) is 0.524. The maximum Gasteiger partial charge on any atom is 0.262 e. The van der Waals surface area contributed by atoms with Gasteiger partial charge in [0.1, 0.15) is 5.69 Å².